The maximum Gasteiger partial charge on any atom is 0.255 e. The van der Waals surface area contributed by atoms with Crippen LogP contribution in [0.3, 0.4) is 0 Å². The van der Waals surface area contributed by atoms with Gasteiger partial charge in [0.15, 0.2) is 27.3 Å². The number of nitrogens with one attached hydrogen (secondary N) is 2. The van der Waals surface area contributed by atoms with Crippen molar-refractivity contribution in [2.24, 2.45) is 11.8 Å². The maximum absolute atomic E-state index is 13.7. The second-order valence-corrected chi connectivity index (χ2v) is 14.2. The summed E-state index contributed by atoms with van der Waals surface area (Å²) in [6.07, 6.45) is -0.462. The number of sulfone groups is 1. The van der Waals surface area contributed by atoms with Crippen LogP contribution in [0.5, 0.6) is 0 Å². The molecule has 0 radical (unpaired) electrons. The summed E-state index contributed by atoms with van der Waals surface area (Å²) in [5.41, 5.74) is -3.45. The van der Waals surface area contributed by atoms with Crippen molar-refractivity contribution < 1.29 is 46.5 Å². The number of benzene rings is 2. The van der Waals surface area contributed by atoms with Gasteiger partial charge in [0.2, 0.25) is 5.91 Å². The van der Waals surface area contributed by atoms with Crippen LogP contribution in [-0.4, -0.2) is 64.7 Å². The van der Waals surface area contributed by atoms with Crippen LogP contribution in [0.4, 0.5) is 18.9 Å². The fourth-order valence-electron chi connectivity index (χ4n) is 5.81. The van der Waals surface area contributed by atoms with Crippen LogP contribution in [0.25, 0.3) is 0 Å². The molecule has 3 atom stereocenters. The molecule has 0 heterocycles. The molecule has 2 bridgehead atoms. The highest BCUT2D eigenvalue weighted by atomic mass is 35.5. The largest absolute Gasteiger partial charge is 0.389 e. The molecule has 3 unspecified atom stereocenters. The van der Waals surface area contributed by atoms with Gasteiger partial charge in [-0.2, -0.15) is 0 Å². The van der Waals surface area contributed by atoms with Gasteiger partial charge < -0.3 is 26.0 Å². The topological polar surface area (TPSA) is 153 Å². The molecule has 230 valence electrons. The number of rotatable bonds is 9. The van der Waals surface area contributed by atoms with Crippen molar-refractivity contribution in [3.05, 3.63) is 58.4 Å². The molecule has 2 aromatic carbocycles. The second-order valence-electron chi connectivity index (χ2n) is 11.6. The van der Waals surface area contributed by atoms with E-state index in [1.807, 2.05) is 0 Å². The zero-order valence-electron chi connectivity index (χ0n) is 22.8. The number of hydrogen-bond donors (Lipinski definition) is 5. The molecule has 5 N–H and O–H groups in total. The van der Waals surface area contributed by atoms with Crippen molar-refractivity contribution in [1.82, 2.24) is 5.32 Å². The quantitative estimate of drug-likeness (QED) is 0.266. The number of carbonyl (C=O) groups excluding carboxylic acids is 2. The summed E-state index contributed by atoms with van der Waals surface area (Å²) in [4.78, 5) is 25.0. The van der Waals surface area contributed by atoms with Crippen LogP contribution in [0, 0.1) is 29.3 Å². The predicted molar refractivity (Wildman–Crippen MR) is 147 cm³/mol. The highest BCUT2D eigenvalue weighted by Gasteiger charge is 2.56. The highest BCUT2D eigenvalue weighted by molar-refractivity contribution is 7.92. The Morgan fingerprint density at radius 2 is 1.67 bits per heavy atom. The standard InChI is InChI=1S/C28H32ClF3N2O7S/c1-27(2,38)23(35)13-33-24(36)12-28(39)15-4-5-16(28)9-18(8-15)42(40,41)22-7-14(3-6-19(22)29)26(37)34-17-10-20(30)25(32)21(31)11-17/h3,6-7,10-11,15-16,18,23,35,38-39H,4-5,8-9,12-13H2,1-2H3,(H,33,36)(H,34,37). The van der Waals surface area contributed by atoms with Crippen molar-refractivity contribution in [1.29, 1.82) is 0 Å². The van der Waals surface area contributed by atoms with Crippen LogP contribution < -0.4 is 10.6 Å². The van der Waals surface area contributed by atoms with E-state index in [0.717, 1.165) is 6.07 Å². The number of amides is 2. The third kappa shape index (κ3) is 6.45. The zero-order valence-corrected chi connectivity index (χ0v) is 24.4. The normalized spacial score (nSPS) is 24.7. The van der Waals surface area contributed by atoms with Gasteiger partial charge in [-0.3, -0.25) is 9.59 Å². The number of carbonyl (C=O) groups is 2. The summed E-state index contributed by atoms with van der Waals surface area (Å²) in [5.74, 6) is -7.22. The zero-order chi connectivity index (χ0) is 31.2. The average molecular weight is 633 g/mol. The Hall–Kier alpha value is -2.71. The molecule has 2 saturated carbocycles. The predicted octanol–water partition coefficient (Wildman–Crippen LogP) is 3.34. The fraction of sp³-hybridized carbons (Fsp3) is 0.500. The second kappa shape index (κ2) is 11.8. The summed E-state index contributed by atoms with van der Waals surface area (Å²) >= 11 is 6.24. The van der Waals surface area contributed by atoms with E-state index in [-0.39, 0.29) is 47.0 Å². The Morgan fingerprint density at radius 1 is 1.10 bits per heavy atom. The first-order chi connectivity index (χ1) is 19.4. The van der Waals surface area contributed by atoms with Gasteiger partial charge >= 0.3 is 0 Å². The first-order valence-electron chi connectivity index (χ1n) is 13.3. The molecule has 2 aliphatic rings. The molecule has 9 nitrogen and oxygen atoms in total. The van der Waals surface area contributed by atoms with Crippen molar-refractivity contribution in [2.75, 3.05) is 11.9 Å². The first kappa shape index (κ1) is 32.2. The number of aliphatic hydroxyl groups excluding tert-OH is 1. The molecule has 0 saturated heterocycles. The lowest BCUT2D eigenvalue weighted by atomic mass is 9.72. The van der Waals surface area contributed by atoms with Crippen molar-refractivity contribution in [3.63, 3.8) is 0 Å². The first-order valence-corrected chi connectivity index (χ1v) is 15.2. The molecule has 2 amide bonds. The molecule has 42 heavy (non-hydrogen) atoms. The molecule has 14 heteroatoms. The smallest absolute Gasteiger partial charge is 0.255 e. The Bertz CT molecular complexity index is 1460. The number of aliphatic hydroxyl groups is 3. The molecule has 0 aliphatic heterocycles. The van der Waals surface area contributed by atoms with E-state index in [4.69, 9.17) is 11.6 Å². The van der Waals surface area contributed by atoms with E-state index in [1.54, 1.807) is 0 Å². The summed E-state index contributed by atoms with van der Waals surface area (Å²) in [6, 6.07) is 4.64. The van der Waals surface area contributed by atoms with E-state index in [0.29, 0.717) is 25.0 Å². The number of hydrogen-bond acceptors (Lipinski definition) is 7. The summed E-state index contributed by atoms with van der Waals surface area (Å²) in [7, 11) is -4.14. The highest BCUT2D eigenvalue weighted by Crippen LogP contribution is 2.53. The Labute approximate surface area is 246 Å². The lowest BCUT2D eigenvalue weighted by Gasteiger charge is -2.42. The summed E-state index contributed by atoms with van der Waals surface area (Å²) in [5, 5.41) is 34.9. The van der Waals surface area contributed by atoms with Gasteiger partial charge in [0.1, 0.15) is 0 Å². The van der Waals surface area contributed by atoms with Gasteiger partial charge in [0.05, 0.1) is 38.9 Å². The van der Waals surface area contributed by atoms with Crippen LogP contribution in [0.1, 0.15) is 56.3 Å². The Kier molecular flexibility index (Phi) is 9.02. The van der Waals surface area contributed by atoms with Crippen LogP contribution in [0.15, 0.2) is 35.2 Å². The molecular formula is C28H32ClF3N2O7S. The Balaban J connectivity index is 1.48. The number of fused-ring (bicyclic) bond motifs is 2. The van der Waals surface area contributed by atoms with E-state index in [1.165, 1.54) is 26.0 Å². The number of halogens is 4. The maximum atomic E-state index is 13.7. The minimum Gasteiger partial charge on any atom is -0.389 e. The SMILES string of the molecule is CC(C)(O)C(O)CNC(=O)CC1(O)C2CCC1CC(S(=O)(=O)c1cc(C(=O)Nc3cc(F)c(F)c(F)c3)ccc1Cl)C2. The van der Waals surface area contributed by atoms with Crippen molar-refractivity contribution in [2.45, 2.75) is 73.4 Å². The fourth-order valence-corrected chi connectivity index (χ4v) is 8.21. The van der Waals surface area contributed by atoms with Gasteiger partial charge in [0.25, 0.3) is 5.91 Å². The minimum absolute atomic E-state index is 0.0375. The van der Waals surface area contributed by atoms with Crippen molar-refractivity contribution in [3.8, 4) is 0 Å². The van der Waals surface area contributed by atoms with E-state index >= 15 is 0 Å². The average Bonchev–Trinajstić information content (AvgIpc) is 3.05. The monoisotopic (exact) mass is 632 g/mol. The summed E-state index contributed by atoms with van der Waals surface area (Å²) < 4.78 is 67.8. The lowest BCUT2D eigenvalue weighted by molar-refractivity contribution is -0.134. The van der Waals surface area contributed by atoms with Gasteiger partial charge in [0, 0.05) is 29.9 Å². The molecule has 0 aromatic heterocycles. The molecular weight excluding hydrogens is 601 g/mol. The number of anilines is 1. The molecule has 0 spiro atoms. The minimum atomic E-state index is -4.14. The molecule has 2 aromatic rings. The van der Waals surface area contributed by atoms with E-state index in [2.05, 4.69) is 10.6 Å². The third-order valence-corrected chi connectivity index (χ3v) is 11.0. The van der Waals surface area contributed by atoms with Gasteiger partial charge in [-0.15, -0.1) is 0 Å². The van der Waals surface area contributed by atoms with Gasteiger partial charge in [-0.25, -0.2) is 21.6 Å². The Morgan fingerprint density at radius 3 is 2.21 bits per heavy atom. The van der Waals surface area contributed by atoms with Crippen LogP contribution in [0.2, 0.25) is 5.02 Å². The molecule has 2 aliphatic carbocycles. The molecule has 4 rings (SSSR count). The summed E-state index contributed by atoms with van der Waals surface area (Å²) in [6.45, 7) is 2.56. The van der Waals surface area contributed by atoms with Crippen molar-refractivity contribution >= 4 is 38.9 Å². The van der Waals surface area contributed by atoms with Gasteiger partial charge in [-0.05, 0) is 69.6 Å². The van der Waals surface area contributed by atoms with E-state index in [9.17, 15) is 46.5 Å². The van der Waals surface area contributed by atoms with Crippen LogP contribution in [-0.2, 0) is 14.6 Å². The van der Waals surface area contributed by atoms with E-state index < -0.39 is 73.5 Å². The third-order valence-electron chi connectivity index (χ3n) is 8.30. The van der Waals surface area contributed by atoms with Gasteiger partial charge in [-0.1, -0.05) is 11.6 Å². The van der Waals surface area contributed by atoms with Crippen LogP contribution >= 0.6 is 11.6 Å². The molecule has 2 fully saturated rings. The lowest BCUT2D eigenvalue weighted by Crippen LogP contribution is -2.52.